The number of β-amino-alcohol motifs (C(OH)–C–C–N with tert-alkyl or cyclic N) is 1. The van der Waals surface area contributed by atoms with Crippen molar-refractivity contribution in [3.63, 3.8) is 0 Å². The molecule has 0 unspecified atom stereocenters. The zero-order valence-corrected chi connectivity index (χ0v) is 15.2. The summed E-state index contributed by atoms with van der Waals surface area (Å²) in [5.74, 6) is 0.925. The summed E-state index contributed by atoms with van der Waals surface area (Å²) in [6, 6.07) is 4.34. The fourth-order valence-electron chi connectivity index (χ4n) is 4.86. The van der Waals surface area contributed by atoms with E-state index in [1.54, 1.807) is 4.90 Å². The molecule has 0 saturated carbocycles. The van der Waals surface area contributed by atoms with Gasteiger partial charge in [0.15, 0.2) is 0 Å². The van der Waals surface area contributed by atoms with E-state index in [4.69, 9.17) is 4.98 Å². The van der Waals surface area contributed by atoms with Crippen LogP contribution in [0.2, 0.25) is 0 Å². The molecule has 6 nitrogen and oxygen atoms in total. The normalized spacial score (nSPS) is 25.5. The number of aryl methyl sites for hydroxylation is 2. The lowest BCUT2D eigenvalue weighted by Crippen LogP contribution is -2.50. The van der Waals surface area contributed by atoms with Crippen molar-refractivity contribution in [1.82, 2.24) is 9.88 Å². The molecule has 1 aromatic heterocycles. The molecule has 1 amide bonds. The first-order chi connectivity index (χ1) is 12.7. The molecule has 3 aliphatic rings. The third kappa shape index (κ3) is 2.84. The Morgan fingerprint density at radius 3 is 2.88 bits per heavy atom. The van der Waals surface area contributed by atoms with E-state index < -0.39 is 0 Å². The van der Waals surface area contributed by atoms with E-state index in [0.717, 1.165) is 63.1 Å². The Kier molecular flexibility index (Phi) is 4.58. The molecule has 1 spiro atoms. The Balaban J connectivity index is 1.61. The number of pyridine rings is 1. The van der Waals surface area contributed by atoms with E-state index in [1.807, 2.05) is 6.07 Å². The number of hydrogen-bond acceptors (Lipinski definition) is 5. The van der Waals surface area contributed by atoms with Gasteiger partial charge in [-0.15, -0.1) is 0 Å². The van der Waals surface area contributed by atoms with Crippen molar-refractivity contribution < 1.29 is 9.90 Å². The van der Waals surface area contributed by atoms with Gasteiger partial charge in [0, 0.05) is 31.9 Å². The predicted octanol–water partition coefficient (Wildman–Crippen LogP) is 1.64. The number of piperidine rings is 1. The molecule has 6 heteroatoms. The van der Waals surface area contributed by atoms with Crippen molar-refractivity contribution in [2.75, 3.05) is 37.7 Å². The highest BCUT2D eigenvalue weighted by atomic mass is 16.3. The Labute approximate surface area is 154 Å². The molecule has 1 N–H and O–H groups in total. The fourth-order valence-corrected chi connectivity index (χ4v) is 4.86. The van der Waals surface area contributed by atoms with Crippen molar-refractivity contribution in [3.8, 4) is 6.07 Å². The van der Waals surface area contributed by atoms with Crippen molar-refractivity contribution in [2.45, 2.75) is 44.9 Å². The van der Waals surface area contributed by atoms with E-state index in [1.165, 1.54) is 12.0 Å². The first kappa shape index (κ1) is 17.3. The molecule has 26 heavy (non-hydrogen) atoms. The van der Waals surface area contributed by atoms with Crippen LogP contribution in [-0.4, -0.2) is 53.7 Å². The number of amides is 1. The zero-order valence-electron chi connectivity index (χ0n) is 15.2. The summed E-state index contributed by atoms with van der Waals surface area (Å²) in [5.41, 5.74) is 2.60. The van der Waals surface area contributed by atoms with E-state index in [9.17, 15) is 15.2 Å². The van der Waals surface area contributed by atoms with Crippen LogP contribution < -0.4 is 4.90 Å². The van der Waals surface area contributed by atoms with Crippen LogP contribution in [-0.2, 0) is 17.6 Å². The van der Waals surface area contributed by atoms with Crippen LogP contribution in [0.3, 0.4) is 0 Å². The molecule has 3 heterocycles. The van der Waals surface area contributed by atoms with Gasteiger partial charge >= 0.3 is 0 Å². The standard InChI is InChI=1S/C20H26N4O2/c21-13-16-12-15-4-1-2-5-17(15)22-18(16)24-9-7-20(14-24)6-3-8-23(10-11-25)19(20)26/h12,25H,1-11,14H2/t20-/m1/s1. The van der Waals surface area contributed by atoms with Crippen molar-refractivity contribution in [2.24, 2.45) is 5.41 Å². The Hall–Kier alpha value is -2.13. The monoisotopic (exact) mass is 354 g/mol. The zero-order chi connectivity index (χ0) is 18.1. The highest BCUT2D eigenvalue weighted by Crippen LogP contribution is 2.42. The minimum Gasteiger partial charge on any atom is -0.395 e. The quantitative estimate of drug-likeness (QED) is 0.893. The van der Waals surface area contributed by atoms with E-state index in [-0.39, 0.29) is 17.9 Å². The van der Waals surface area contributed by atoms with Gasteiger partial charge in [-0.1, -0.05) is 0 Å². The van der Waals surface area contributed by atoms with Crippen LogP contribution in [0.4, 0.5) is 5.82 Å². The summed E-state index contributed by atoms with van der Waals surface area (Å²) in [6.45, 7) is 2.56. The number of nitriles is 1. The Bertz CT molecular complexity index is 755. The average molecular weight is 354 g/mol. The summed E-state index contributed by atoms with van der Waals surface area (Å²) in [5, 5.41) is 18.9. The lowest BCUT2D eigenvalue weighted by Gasteiger charge is -2.39. The molecule has 2 fully saturated rings. The molecule has 1 atom stereocenters. The molecule has 0 radical (unpaired) electrons. The van der Waals surface area contributed by atoms with Crippen molar-refractivity contribution in [3.05, 3.63) is 22.9 Å². The summed E-state index contributed by atoms with van der Waals surface area (Å²) in [4.78, 5) is 21.8. The van der Waals surface area contributed by atoms with Crippen LogP contribution in [0.15, 0.2) is 6.07 Å². The molecule has 2 aliphatic heterocycles. The lowest BCUT2D eigenvalue weighted by molar-refractivity contribution is -0.145. The molecule has 1 aromatic rings. The number of carbonyl (C=O) groups is 1. The molecular weight excluding hydrogens is 328 g/mol. The third-order valence-corrected chi connectivity index (χ3v) is 6.25. The van der Waals surface area contributed by atoms with Gasteiger partial charge in [-0.2, -0.15) is 5.26 Å². The van der Waals surface area contributed by atoms with Crippen LogP contribution in [0, 0.1) is 16.7 Å². The Morgan fingerprint density at radius 2 is 2.08 bits per heavy atom. The number of aromatic nitrogens is 1. The van der Waals surface area contributed by atoms with Crippen LogP contribution in [0.5, 0.6) is 0 Å². The SMILES string of the molecule is N#Cc1cc2c(nc1N1CC[C@]3(CCCN(CCO)C3=O)C1)CCCC2. The first-order valence-corrected chi connectivity index (χ1v) is 9.75. The summed E-state index contributed by atoms with van der Waals surface area (Å²) in [7, 11) is 0. The smallest absolute Gasteiger partial charge is 0.230 e. The van der Waals surface area contributed by atoms with E-state index >= 15 is 0 Å². The van der Waals surface area contributed by atoms with Crippen LogP contribution >= 0.6 is 0 Å². The molecule has 0 aromatic carbocycles. The van der Waals surface area contributed by atoms with Gasteiger partial charge in [-0.3, -0.25) is 4.79 Å². The van der Waals surface area contributed by atoms with E-state index in [0.29, 0.717) is 18.7 Å². The second-order valence-electron chi connectivity index (χ2n) is 7.86. The van der Waals surface area contributed by atoms with Gasteiger partial charge < -0.3 is 14.9 Å². The maximum absolute atomic E-state index is 13.0. The number of anilines is 1. The summed E-state index contributed by atoms with van der Waals surface area (Å²) < 4.78 is 0. The lowest BCUT2D eigenvalue weighted by atomic mass is 9.78. The number of aliphatic hydroxyl groups excluding tert-OH is 1. The molecule has 0 bridgehead atoms. The van der Waals surface area contributed by atoms with Gasteiger partial charge in [-0.05, 0) is 56.6 Å². The topological polar surface area (TPSA) is 80.5 Å². The largest absolute Gasteiger partial charge is 0.395 e. The number of likely N-dealkylation sites (tertiary alicyclic amines) is 1. The van der Waals surface area contributed by atoms with Crippen molar-refractivity contribution in [1.29, 1.82) is 5.26 Å². The Morgan fingerprint density at radius 1 is 1.23 bits per heavy atom. The van der Waals surface area contributed by atoms with Crippen molar-refractivity contribution >= 4 is 11.7 Å². The molecule has 2 saturated heterocycles. The minimum absolute atomic E-state index is 0.0104. The molecule has 138 valence electrons. The second-order valence-corrected chi connectivity index (χ2v) is 7.86. The second kappa shape index (κ2) is 6.88. The van der Waals surface area contributed by atoms with Gasteiger partial charge in [0.05, 0.1) is 17.6 Å². The molecule has 1 aliphatic carbocycles. The maximum Gasteiger partial charge on any atom is 0.230 e. The molecular formula is C20H26N4O2. The van der Waals surface area contributed by atoms with Crippen LogP contribution in [0.1, 0.15) is 48.9 Å². The van der Waals surface area contributed by atoms with Crippen LogP contribution in [0.25, 0.3) is 0 Å². The first-order valence-electron chi connectivity index (χ1n) is 9.75. The summed E-state index contributed by atoms with van der Waals surface area (Å²) in [6.07, 6.45) is 6.98. The number of hydrogen-bond donors (Lipinski definition) is 1. The fraction of sp³-hybridized carbons (Fsp3) is 0.650. The third-order valence-electron chi connectivity index (χ3n) is 6.25. The number of carbonyl (C=O) groups excluding carboxylic acids is 1. The number of rotatable bonds is 3. The maximum atomic E-state index is 13.0. The number of nitrogens with zero attached hydrogens (tertiary/aromatic N) is 4. The van der Waals surface area contributed by atoms with Gasteiger partial charge in [0.1, 0.15) is 11.9 Å². The van der Waals surface area contributed by atoms with Gasteiger partial charge in [-0.25, -0.2) is 4.98 Å². The van der Waals surface area contributed by atoms with Gasteiger partial charge in [0.25, 0.3) is 0 Å². The van der Waals surface area contributed by atoms with E-state index in [2.05, 4.69) is 11.0 Å². The number of fused-ring (bicyclic) bond motifs is 1. The highest BCUT2D eigenvalue weighted by Gasteiger charge is 2.48. The predicted molar refractivity (Wildman–Crippen MR) is 97.8 cm³/mol. The minimum atomic E-state index is -0.377. The summed E-state index contributed by atoms with van der Waals surface area (Å²) >= 11 is 0. The highest BCUT2D eigenvalue weighted by molar-refractivity contribution is 5.85. The number of aliphatic hydroxyl groups is 1. The average Bonchev–Trinajstić information content (AvgIpc) is 3.09. The molecule has 4 rings (SSSR count). The van der Waals surface area contributed by atoms with Gasteiger partial charge in [0.2, 0.25) is 5.91 Å².